The number of hydrogen-bond donors (Lipinski definition) is 1. The zero-order valence-electron chi connectivity index (χ0n) is 11.8. The lowest BCUT2D eigenvalue weighted by molar-refractivity contribution is 0.0995. The highest BCUT2D eigenvalue weighted by molar-refractivity contribution is 5.63. The summed E-state index contributed by atoms with van der Waals surface area (Å²) in [6, 6.07) is 19.1. The Morgan fingerprint density at radius 3 is 2.25 bits per heavy atom. The molecule has 2 aromatic rings. The largest absolute Gasteiger partial charge is 0.378 e. The molecule has 1 fully saturated rings. The zero-order chi connectivity index (χ0) is 13.9. The molecule has 0 amide bonds. The summed E-state index contributed by atoms with van der Waals surface area (Å²) in [6.07, 6.45) is 1.32. The van der Waals surface area contributed by atoms with E-state index in [2.05, 4.69) is 55.5 Å². The molecule has 0 aromatic heterocycles. The Bertz CT molecular complexity index is 549. The third-order valence-corrected chi connectivity index (χ3v) is 4.30. The average Bonchev–Trinajstić information content (AvgIpc) is 2.94. The van der Waals surface area contributed by atoms with Crippen LogP contribution in [0.4, 0.5) is 0 Å². The van der Waals surface area contributed by atoms with Crippen molar-refractivity contribution in [2.75, 3.05) is 6.61 Å². The molecular weight excluding hydrogens is 246 g/mol. The number of ether oxygens (including phenoxy) is 1. The predicted octanol–water partition coefficient (Wildman–Crippen LogP) is 3.78. The maximum Gasteiger partial charge on any atom is 0.0594 e. The van der Waals surface area contributed by atoms with E-state index in [-0.39, 0.29) is 12.1 Å². The first-order valence-corrected chi connectivity index (χ1v) is 7.28. The molecule has 3 unspecified atom stereocenters. The molecule has 3 atom stereocenters. The van der Waals surface area contributed by atoms with Crippen molar-refractivity contribution in [2.24, 2.45) is 11.7 Å². The van der Waals surface area contributed by atoms with Crippen molar-refractivity contribution < 1.29 is 4.74 Å². The van der Waals surface area contributed by atoms with E-state index in [1.54, 1.807) is 0 Å². The summed E-state index contributed by atoms with van der Waals surface area (Å²) in [5, 5.41) is 0. The summed E-state index contributed by atoms with van der Waals surface area (Å²) in [6.45, 7) is 2.96. The van der Waals surface area contributed by atoms with Gasteiger partial charge in [0.15, 0.2) is 0 Å². The molecule has 0 radical (unpaired) electrons. The van der Waals surface area contributed by atoms with Crippen molar-refractivity contribution in [1.29, 1.82) is 0 Å². The Balaban J connectivity index is 1.79. The van der Waals surface area contributed by atoms with E-state index in [9.17, 15) is 0 Å². The smallest absolute Gasteiger partial charge is 0.0594 e. The normalized spacial score (nSPS) is 23.7. The summed E-state index contributed by atoms with van der Waals surface area (Å²) in [4.78, 5) is 0. The third-order valence-electron chi connectivity index (χ3n) is 4.30. The molecule has 20 heavy (non-hydrogen) atoms. The summed E-state index contributed by atoms with van der Waals surface area (Å²) in [7, 11) is 0. The highest BCUT2D eigenvalue weighted by Gasteiger charge is 2.30. The minimum absolute atomic E-state index is 0.0670. The van der Waals surface area contributed by atoms with Gasteiger partial charge < -0.3 is 10.5 Å². The molecule has 0 spiro atoms. The first kappa shape index (κ1) is 13.3. The van der Waals surface area contributed by atoms with Crippen molar-refractivity contribution in [3.05, 3.63) is 60.2 Å². The lowest BCUT2D eigenvalue weighted by Gasteiger charge is -2.22. The molecule has 1 saturated heterocycles. The van der Waals surface area contributed by atoms with Crippen LogP contribution in [0.5, 0.6) is 0 Å². The van der Waals surface area contributed by atoms with Gasteiger partial charge in [-0.3, -0.25) is 0 Å². The monoisotopic (exact) mass is 267 g/mol. The zero-order valence-corrected chi connectivity index (χ0v) is 11.8. The van der Waals surface area contributed by atoms with Gasteiger partial charge in [0.05, 0.1) is 6.10 Å². The van der Waals surface area contributed by atoms with Gasteiger partial charge in [0, 0.05) is 18.6 Å². The van der Waals surface area contributed by atoms with E-state index in [4.69, 9.17) is 10.5 Å². The van der Waals surface area contributed by atoms with Gasteiger partial charge in [-0.05, 0) is 30.0 Å². The number of benzene rings is 2. The van der Waals surface area contributed by atoms with Gasteiger partial charge in [-0.2, -0.15) is 0 Å². The molecule has 2 N–H and O–H groups in total. The second kappa shape index (κ2) is 5.78. The number of rotatable bonds is 3. The fourth-order valence-corrected chi connectivity index (χ4v) is 3.00. The van der Waals surface area contributed by atoms with Gasteiger partial charge in [-0.25, -0.2) is 0 Å². The molecule has 2 heteroatoms. The Labute approximate surface area is 120 Å². The van der Waals surface area contributed by atoms with Crippen LogP contribution >= 0.6 is 0 Å². The molecule has 1 heterocycles. The van der Waals surface area contributed by atoms with Crippen LogP contribution in [0.2, 0.25) is 0 Å². The van der Waals surface area contributed by atoms with E-state index in [0.717, 1.165) is 13.0 Å². The molecule has 3 rings (SSSR count). The lowest BCUT2D eigenvalue weighted by atomic mass is 9.88. The van der Waals surface area contributed by atoms with Gasteiger partial charge in [0.25, 0.3) is 0 Å². The minimum atomic E-state index is 0.0670. The van der Waals surface area contributed by atoms with E-state index in [0.29, 0.717) is 5.92 Å². The van der Waals surface area contributed by atoms with Crippen LogP contribution in [-0.2, 0) is 4.74 Å². The molecule has 2 aromatic carbocycles. The topological polar surface area (TPSA) is 35.2 Å². The Kier molecular flexibility index (Phi) is 3.86. The highest BCUT2D eigenvalue weighted by Crippen LogP contribution is 2.32. The van der Waals surface area contributed by atoms with Gasteiger partial charge >= 0.3 is 0 Å². The third kappa shape index (κ3) is 2.62. The SMILES string of the molecule is CC1OCCC1C(N)c1ccc(-c2ccccc2)cc1. The van der Waals surface area contributed by atoms with Gasteiger partial charge in [-0.15, -0.1) is 0 Å². The maximum atomic E-state index is 6.40. The average molecular weight is 267 g/mol. The summed E-state index contributed by atoms with van der Waals surface area (Å²) in [5.74, 6) is 0.428. The molecular formula is C18H21NO. The number of nitrogens with two attached hydrogens (primary N) is 1. The van der Waals surface area contributed by atoms with E-state index < -0.39 is 0 Å². The van der Waals surface area contributed by atoms with Crippen LogP contribution in [-0.4, -0.2) is 12.7 Å². The Morgan fingerprint density at radius 1 is 1.00 bits per heavy atom. The molecule has 0 bridgehead atoms. The number of hydrogen-bond acceptors (Lipinski definition) is 2. The molecule has 2 nitrogen and oxygen atoms in total. The van der Waals surface area contributed by atoms with Crippen molar-refractivity contribution >= 4 is 0 Å². The van der Waals surface area contributed by atoms with Crippen molar-refractivity contribution in [2.45, 2.75) is 25.5 Å². The van der Waals surface area contributed by atoms with E-state index >= 15 is 0 Å². The Morgan fingerprint density at radius 2 is 1.65 bits per heavy atom. The standard InChI is InChI=1S/C18H21NO/c1-13-17(11-12-20-13)18(19)16-9-7-15(8-10-16)14-5-3-2-4-6-14/h2-10,13,17-18H,11-12,19H2,1H3. The van der Waals surface area contributed by atoms with Crippen LogP contribution in [0.25, 0.3) is 11.1 Å². The summed E-state index contributed by atoms with van der Waals surface area (Å²) < 4.78 is 5.62. The summed E-state index contributed by atoms with van der Waals surface area (Å²) in [5.41, 5.74) is 10.1. The first-order chi connectivity index (χ1) is 9.75. The van der Waals surface area contributed by atoms with Crippen molar-refractivity contribution in [3.63, 3.8) is 0 Å². The van der Waals surface area contributed by atoms with Crippen molar-refractivity contribution in [3.8, 4) is 11.1 Å². The predicted molar refractivity (Wildman–Crippen MR) is 82.3 cm³/mol. The van der Waals surface area contributed by atoms with Gasteiger partial charge in [-0.1, -0.05) is 54.6 Å². The van der Waals surface area contributed by atoms with Crippen molar-refractivity contribution in [1.82, 2.24) is 0 Å². The van der Waals surface area contributed by atoms with Crippen LogP contribution < -0.4 is 5.73 Å². The first-order valence-electron chi connectivity index (χ1n) is 7.28. The quantitative estimate of drug-likeness (QED) is 0.918. The molecule has 0 aliphatic carbocycles. The second-order valence-corrected chi connectivity index (χ2v) is 5.54. The van der Waals surface area contributed by atoms with Crippen LogP contribution in [0.1, 0.15) is 24.9 Å². The van der Waals surface area contributed by atoms with Gasteiger partial charge in [0.2, 0.25) is 0 Å². The van der Waals surface area contributed by atoms with E-state index in [1.165, 1.54) is 16.7 Å². The Hall–Kier alpha value is -1.64. The fraction of sp³-hybridized carbons (Fsp3) is 0.333. The highest BCUT2D eigenvalue weighted by atomic mass is 16.5. The lowest BCUT2D eigenvalue weighted by Crippen LogP contribution is -2.26. The molecule has 1 aliphatic rings. The fourth-order valence-electron chi connectivity index (χ4n) is 3.00. The molecule has 1 aliphatic heterocycles. The van der Waals surface area contributed by atoms with E-state index in [1.807, 2.05) is 6.07 Å². The summed E-state index contributed by atoms with van der Waals surface area (Å²) >= 11 is 0. The second-order valence-electron chi connectivity index (χ2n) is 5.54. The van der Waals surface area contributed by atoms with Crippen LogP contribution in [0, 0.1) is 5.92 Å². The van der Waals surface area contributed by atoms with Crippen LogP contribution in [0.15, 0.2) is 54.6 Å². The molecule has 104 valence electrons. The van der Waals surface area contributed by atoms with Crippen LogP contribution in [0.3, 0.4) is 0 Å². The molecule has 0 saturated carbocycles. The maximum absolute atomic E-state index is 6.40. The minimum Gasteiger partial charge on any atom is -0.378 e. The van der Waals surface area contributed by atoms with Gasteiger partial charge in [0.1, 0.15) is 0 Å².